The molecule has 0 aromatic carbocycles. The van der Waals surface area contributed by atoms with E-state index in [4.69, 9.17) is 0 Å². The molecule has 9 heavy (non-hydrogen) atoms. The summed E-state index contributed by atoms with van der Waals surface area (Å²) in [6.07, 6.45) is 0. The van der Waals surface area contributed by atoms with Crippen molar-refractivity contribution < 1.29 is 0 Å². The molecule has 0 spiro atoms. The van der Waals surface area contributed by atoms with Crippen molar-refractivity contribution in [2.75, 3.05) is 14.1 Å². The Morgan fingerprint density at radius 3 is 1.44 bits per heavy atom. The molecule has 0 rings (SSSR count). The van der Waals surface area contributed by atoms with Gasteiger partial charge in [-0.25, -0.2) is 0 Å². The van der Waals surface area contributed by atoms with Crippen molar-refractivity contribution in [2.45, 2.75) is 26.4 Å². The third kappa shape index (κ3) is 1.95. The molecule has 0 radical (unpaired) electrons. The summed E-state index contributed by atoms with van der Waals surface area (Å²) in [6.45, 7) is 6.53. The Balaban J connectivity index is 3.92. The highest BCUT2D eigenvalue weighted by Gasteiger charge is 2.22. The van der Waals surface area contributed by atoms with Gasteiger partial charge in [-0.1, -0.05) is 13.8 Å². The lowest BCUT2D eigenvalue weighted by molar-refractivity contribution is 0.235. The SMILES string of the molecule is CNC(C)(NC)C(C)C. The van der Waals surface area contributed by atoms with Crippen molar-refractivity contribution in [2.24, 2.45) is 5.92 Å². The van der Waals surface area contributed by atoms with Gasteiger partial charge in [0.05, 0.1) is 5.66 Å². The highest BCUT2D eigenvalue weighted by molar-refractivity contribution is 4.79. The van der Waals surface area contributed by atoms with Crippen LogP contribution >= 0.6 is 0 Å². The van der Waals surface area contributed by atoms with Gasteiger partial charge in [-0.2, -0.15) is 0 Å². The van der Waals surface area contributed by atoms with Gasteiger partial charge in [-0.05, 0) is 26.9 Å². The lowest BCUT2D eigenvalue weighted by Crippen LogP contribution is -2.55. The molecule has 0 aromatic rings. The van der Waals surface area contributed by atoms with Crippen molar-refractivity contribution in [3.63, 3.8) is 0 Å². The Bertz CT molecular complexity index is 75.0. The predicted molar refractivity (Wildman–Crippen MR) is 41.4 cm³/mol. The second-order valence-electron chi connectivity index (χ2n) is 2.86. The fourth-order valence-electron chi connectivity index (χ4n) is 0.702. The fraction of sp³-hybridized carbons (Fsp3) is 1.00. The summed E-state index contributed by atoms with van der Waals surface area (Å²) in [6, 6.07) is 0. The van der Waals surface area contributed by atoms with Crippen molar-refractivity contribution in [1.29, 1.82) is 0 Å². The van der Waals surface area contributed by atoms with E-state index >= 15 is 0 Å². The molecule has 0 unspecified atom stereocenters. The van der Waals surface area contributed by atoms with E-state index in [1.807, 2.05) is 14.1 Å². The summed E-state index contributed by atoms with van der Waals surface area (Å²) in [5.74, 6) is 0.604. The van der Waals surface area contributed by atoms with E-state index < -0.39 is 0 Å². The number of rotatable bonds is 3. The third-order valence-corrected chi connectivity index (χ3v) is 2.19. The Labute approximate surface area is 58.0 Å². The number of hydrogen-bond acceptors (Lipinski definition) is 2. The maximum Gasteiger partial charge on any atom is 0.0676 e. The lowest BCUT2D eigenvalue weighted by Gasteiger charge is -2.32. The van der Waals surface area contributed by atoms with Gasteiger partial charge in [0, 0.05) is 0 Å². The van der Waals surface area contributed by atoms with Crippen molar-refractivity contribution in [3.05, 3.63) is 0 Å². The van der Waals surface area contributed by atoms with Crippen molar-refractivity contribution in [3.8, 4) is 0 Å². The van der Waals surface area contributed by atoms with Gasteiger partial charge in [0.15, 0.2) is 0 Å². The van der Waals surface area contributed by atoms with Crippen molar-refractivity contribution >= 4 is 0 Å². The highest BCUT2D eigenvalue weighted by atomic mass is 15.2. The first-order chi connectivity index (χ1) is 4.06. The first-order valence-electron chi connectivity index (χ1n) is 3.44. The zero-order chi connectivity index (χ0) is 7.49. The fourth-order valence-corrected chi connectivity index (χ4v) is 0.702. The molecule has 0 aromatic heterocycles. The van der Waals surface area contributed by atoms with E-state index in [1.165, 1.54) is 0 Å². The van der Waals surface area contributed by atoms with E-state index in [1.54, 1.807) is 0 Å². The molecule has 2 heteroatoms. The summed E-state index contributed by atoms with van der Waals surface area (Å²) in [7, 11) is 3.94. The van der Waals surface area contributed by atoms with Crippen LogP contribution in [-0.4, -0.2) is 19.8 Å². The Morgan fingerprint density at radius 1 is 1.11 bits per heavy atom. The van der Waals surface area contributed by atoms with Crippen LogP contribution in [0.2, 0.25) is 0 Å². The zero-order valence-electron chi connectivity index (χ0n) is 7.08. The Hall–Kier alpha value is -0.0800. The molecule has 56 valence electrons. The smallest absolute Gasteiger partial charge is 0.0676 e. The number of nitrogens with one attached hydrogen (secondary N) is 2. The van der Waals surface area contributed by atoms with Crippen LogP contribution in [0.5, 0.6) is 0 Å². The van der Waals surface area contributed by atoms with E-state index in [-0.39, 0.29) is 5.66 Å². The number of hydrogen-bond donors (Lipinski definition) is 2. The van der Waals surface area contributed by atoms with Crippen LogP contribution < -0.4 is 10.6 Å². The highest BCUT2D eigenvalue weighted by Crippen LogP contribution is 2.10. The van der Waals surface area contributed by atoms with Crippen LogP contribution in [0.1, 0.15) is 20.8 Å². The van der Waals surface area contributed by atoms with Gasteiger partial charge in [0.1, 0.15) is 0 Å². The molecule has 0 aliphatic heterocycles. The summed E-state index contributed by atoms with van der Waals surface area (Å²) in [5.41, 5.74) is 0.0833. The summed E-state index contributed by atoms with van der Waals surface area (Å²) in [4.78, 5) is 0. The molecule has 0 aliphatic carbocycles. The van der Waals surface area contributed by atoms with Gasteiger partial charge in [0.25, 0.3) is 0 Å². The van der Waals surface area contributed by atoms with Crippen LogP contribution in [0.25, 0.3) is 0 Å². The maximum absolute atomic E-state index is 3.22. The largest absolute Gasteiger partial charge is 0.302 e. The van der Waals surface area contributed by atoms with Gasteiger partial charge < -0.3 is 10.6 Å². The zero-order valence-corrected chi connectivity index (χ0v) is 7.08. The third-order valence-electron chi connectivity index (χ3n) is 2.19. The van der Waals surface area contributed by atoms with E-state index in [2.05, 4.69) is 31.4 Å². The molecule has 0 bridgehead atoms. The lowest BCUT2D eigenvalue weighted by atomic mass is 9.99. The van der Waals surface area contributed by atoms with Gasteiger partial charge in [0.2, 0.25) is 0 Å². The van der Waals surface area contributed by atoms with Gasteiger partial charge >= 0.3 is 0 Å². The second-order valence-corrected chi connectivity index (χ2v) is 2.86. The molecule has 0 saturated heterocycles. The summed E-state index contributed by atoms with van der Waals surface area (Å²) < 4.78 is 0. The minimum atomic E-state index is 0.0833. The molecule has 2 N–H and O–H groups in total. The molecule has 2 nitrogen and oxygen atoms in total. The molecule has 0 amide bonds. The molecule has 0 atom stereocenters. The monoisotopic (exact) mass is 130 g/mol. The molecule has 0 heterocycles. The maximum atomic E-state index is 3.22. The van der Waals surface area contributed by atoms with Gasteiger partial charge in [-0.3, -0.25) is 0 Å². The molecular formula is C7H18N2. The molecule has 0 saturated carbocycles. The standard InChI is InChI=1S/C7H18N2/c1-6(2)7(3,8-4)9-5/h6,8-9H,1-5H3. The van der Waals surface area contributed by atoms with Crippen molar-refractivity contribution in [1.82, 2.24) is 10.6 Å². The molecule has 0 aliphatic rings. The minimum Gasteiger partial charge on any atom is -0.302 e. The first-order valence-corrected chi connectivity index (χ1v) is 3.44. The minimum absolute atomic E-state index is 0.0833. The topological polar surface area (TPSA) is 24.1 Å². The molecular weight excluding hydrogens is 112 g/mol. The molecule has 0 fully saturated rings. The Morgan fingerprint density at radius 2 is 1.44 bits per heavy atom. The van der Waals surface area contributed by atoms with Crippen LogP contribution in [0.15, 0.2) is 0 Å². The van der Waals surface area contributed by atoms with Crippen LogP contribution in [-0.2, 0) is 0 Å². The van der Waals surface area contributed by atoms with E-state index in [0.717, 1.165) is 0 Å². The predicted octanol–water partition coefficient (Wildman–Crippen LogP) is 0.797. The summed E-state index contributed by atoms with van der Waals surface area (Å²) in [5, 5.41) is 6.43. The van der Waals surface area contributed by atoms with Gasteiger partial charge in [-0.15, -0.1) is 0 Å². The van der Waals surface area contributed by atoms with E-state index in [0.29, 0.717) is 5.92 Å². The van der Waals surface area contributed by atoms with Crippen LogP contribution in [0, 0.1) is 5.92 Å². The second kappa shape index (κ2) is 3.18. The average molecular weight is 130 g/mol. The van der Waals surface area contributed by atoms with Crippen LogP contribution in [0.4, 0.5) is 0 Å². The normalized spacial score (nSPS) is 12.7. The summed E-state index contributed by atoms with van der Waals surface area (Å²) >= 11 is 0. The van der Waals surface area contributed by atoms with Crippen LogP contribution in [0.3, 0.4) is 0 Å². The average Bonchev–Trinajstić information content (AvgIpc) is 1.86. The first kappa shape index (κ1) is 8.92. The van der Waals surface area contributed by atoms with E-state index in [9.17, 15) is 0 Å². The Kier molecular flexibility index (Phi) is 3.15. The quantitative estimate of drug-likeness (QED) is 0.552.